The van der Waals surface area contributed by atoms with E-state index in [1.54, 1.807) is 0 Å². The summed E-state index contributed by atoms with van der Waals surface area (Å²) >= 11 is 0. The Hall–Kier alpha value is 0. The van der Waals surface area contributed by atoms with E-state index in [0.717, 1.165) is 23.7 Å². The van der Waals surface area contributed by atoms with Crippen LogP contribution < -0.4 is 0 Å². The van der Waals surface area contributed by atoms with Crippen LogP contribution in [0, 0.1) is 29.1 Å². The topological polar surface area (TPSA) is 0 Å². The van der Waals surface area contributed by atoms with Gasteiger partial charge in [-0.1, -0.05) is 176 Å². The molecule has 0 rings (SSSR count). The fourth-order valence-electron chi connectivity index (χ4n) is 5.18. The van der Waals surface area contributed by atoms with Crippen molar-refractivity contribution in [3.05, 3.63) is 0 Å². The van der Waals surface area contributed by atoms with Gasteiger partial charge in [0.25, 0.3) is 0 Å². The molecule has 0 unspecified atom stereocenters. The molecule has 0 heterocycles. The fraction of sp³-hybridized carbons (Fsp3) is 1.00. The Morgan fingerprint density at radius 2 is 0.719 bits per heavy atom. The van der Waals surface area contributed by atoms with E-state index in [0.29, 0.717) is 5.41 Å². The molecule has 0 aromatic heterocycles. The molecule has 0 saturated heterocycles. The summed E-state index contributed by atoms with van der Waals surface area (Å²) in [6, 6.07) is 0. The average Bonchev–Trinajstić information content (AvgIpc) is 2.60. The van der Waals surface area contributed by atoms with Crippen LogP contribution in [0.5, 0.6) is 0 Å². The van der Waals surface area contributed by atoms with Gasteiger partial charge in [0.2, 0.25) is 0 Å². The highest BCUT2D eigenvalue weighted by Crippen LogP contribution is 2.41. The van der Waals surface area contributed by atoms with E-state index in [-0.39, 0.29) is 29.7 Å². The zero-order valence-electron chi connectivity index (χ0n) is 22.0. The Morgan fingerprint density at radius 1 is 0.469 bits per heavy atom. The molecule has 32 heavy (non-hydrogen) atoms. The molecule has 0 fully saturated rings. The Kier molecular flexibility index (Phi) is 41.3. The molecule has 0 heteroatoms. The van der Waals surface area contributed by atoms with Crippen LogP contribution in [0.2, 0.25) is 0 Å². The third kappa shape index (κ3) is 26.3. The van der Waals surface area contributed by atoms with E-state index in [1.165, 1.54) is 83.5 Å². The highest BCUT2D eigenvalue weighted by Gasteiger charge is 2.31. The van der Waals surface area contributed by atoms with E-state index in [4.69, 9.17) is 0 Å². The van der Waals surface area contributed by atoms with E-state index >= 15 is 0 Å². The molecule has 0 aliphatic carbocycles. The average molecular weight is 461 g/mol. The molecule has 0 aromatic carbocycles. The first-order chi connectivity index (χ1) is 13.2. The summed E-state index contributed by atoms with van der Waals surface area (Å²) in [7, 11) is 0. The predicted molar refractivity (Wildman–Crippen MR) is 160 cm³/mol. The summed E-state index contributed by atoms with van der Waals surface area (Å²) < 4.78 is 0. The van der Waals surface area contributed by atoms with Gasteiger partial charge in [-0.05, 0) is 35.5 Å². The van der Waals surface area contributed by atoms with Gasteiger partial charge < -0.3 is 0 Å². The van der Waals surface area contributed by atoms with Crippen molar-refractivity contribution in [3.8, 4) is 0 Å². The van der Waals surface area contributed by atoms with Crippen molar-refractivity contribution in [2.45, 2.75) is 182 Å². The minimum Gasteiger partial charge on any atom is -0.0776 e. The molecule has 0 N–H and O–H groups in total. The molecule has 0 bridgehead atoms. The molecule has 0 spiro atoms. The normalized spacial score (nSPS) is 10.7. The minimum absolute atomic E-state index is 0. The minimum atomic E-state index is 0. The maximum Gasteiger partial charge on any atom is -0.0352 e. The Bertz CT molecular complexity index is 264. The third-order valence-corrected chi connectivity index (χ3v) is 6.26. The van der Waals surface area contributed by atoms with Gasteiger partial charge in [-0.3, -0.25) is 0 Å². The molecular formula is C32H76. The first-order valence-electron chi connectivity index (χ1n) is 13.2. The van der Waals surface area contributed by atoms with Crippen molar-refractivity contribution < 1.29 is 0 Å². The second-order valence-corrected chi connectivity index (χ2v) is 10.8. The lowest BCUT2D eigenvalue weighted by Gasteiger charge is -2.38. The van der Waals surface area contributed by atoms with Crippen LogP contribution in [0.1, 0.15) is 182 Å². The monoisotopic (exact) mass is 461 g/mol. The lowest BCUT2D eigenvalue weighted by molar-refractivity contribution is 0.124. The Labute approximate surface area is 211 Å². The SMILES string of the molecule is C.C.C.C.CCCC(C)CCC.CCCC(CCC)C(CC(C)(C)C)C(CCC)CCC. The van der Waals surface area contributed by atoms with Crippen LogP contribution in [0.3, 0.4) is 0 Å². The lowest BCUT2D eigenvalue weighted by atomic mass is 9.67. The van der Waals surface area contributed by atoms with Gasteiger partial charge in [0.15, 0.2) is 0 Å². The van der Waals surface area contributed by atoms with Crippen LogP contribution in [0.4, 0.5) is 0 Å². The largest absolute Gasteiger partial charge is 0.0776 e. The first kappa shape index (κ1) is 45.5. The maximum absolute atomic E-state index is 2.43. The molecule has 0 aliphatic heterocycles. The summed E-state index contributed by atoms with van der Waals surface area (Å²) in [6.45, 7) is 23.6. The molecule has 0 aliphatic rings. The van der Waals surface area contributed by atoms with Gasteiger partial charge in [-0.2, -0.15) is 0 Å². The molecule has 0 amide bonds. The number of rotatable bonds is 15. The van der Waals surface area contributed by atoms with Crippen molar-refractivity contribution in [3.63, 3.8) is 0 Å². The zero-order valence-corrected chi connectivity index (χ0v) is 22.0. The number of hydrogen-bond donors (Lipinski definition) is 0. The zero-order chi connectivity index (χ0) is 22.0. The van der Waals surface area contributed by atoms with Crippen molar-refractivity contribution in [1.29, 1.82) is 0 Å². The second-order valence-electron chi connectivity index (χ2n) is 10.8. The van der Waals surface area contributed by atoms with E-state index in [9.17, 15) is 0 Å². The van der Waals surface area contributed by atoms with E-state index in [1.807, 2.05) is 0 Å². The molecule has 0 atom stereocenters. The van der Waals surface area contributed by atoms with Crippen LogP contribution in [0.25, 0.3) is 0 Å². The van der Waals surface area contributed by atoms with Gasteiger partial charge >= 0.3 is 0 Å². The van der Waals surface area contributed by atoms with Crippen molar-refractivity contribution >= 4 is 0 Å². The first-order valence-corrected chi connectivity index (χ1v) is 13.2. The van der Waals surface area contributed by atoms with Crippen LogP contribution in [-0.4, -0.2) is 0 Å². The van der Waals surface area contributed by atoms with Gasteiger partial charge in [0.1, 0.15) is 0 Å². The van der Waals surface area contributed by atoms with E-state index < -0.39 is 0 Å². The van der Waals surface area contributed by atoms with Gasteiger partial charge in [0, 0.05) is 0 Å². The van der Waals surface area contributed by atoms with Gasteiger partial charge in [-0.25, -0.2) is 0 Å². The van der Waals surface area contributed by atoms with Gasteiger partial charge in [0.05, 0.1) is 0 Å². The Balaban J connectivity index is -0.000000122. The lowest BCUT2D eigenvalue weighted by Crippen LogP contribution is -2.28. The third-order valence-electron chi connectivity index (χ3n) is 6.26. The summed E-state index contributed by atoms with van der Waals surface area (Å²) in [4.78, 5) is 0. The maximum atomic E-state index is 2.43. The summed E-state index contributed by atoms with van der Waals surface area (Å²) in [6.07, 6.45) is 18.1. The van der Waals surface area contributed by atoms with Crippen LogP contribution >= 0.6 is 0 Å². The summed E-state index contributed by atoms with van der Waals surface area (Å²) in [5.74, 6) is 3.85. The van der Waals surface area contributed by atoms with Crippen LogP contribution in [0.15, 0.2) is 0 Å². The molecule has 0 nitrogen and oxygen atoms in total. The summed E-state index contributed by atoms with van der Waals surface area (Å²) in [5, 5.41) is 0. The summed E-state index contributed by atoms with van der Waals surface area (Å²) in [5.41, 5.74) is 0.476. The predicted octanol–water partition coefficient (Wildman–Crippen LogP) is 13.2. The number of hydrogen-bond acceptors (Lipinski definition) is 0. The highest BCUT2D eigenvalue weighted by molar-refractivity contribution is 4.81. The van der Waals surface area contributed by atoms with Crippen molar-refractivity contribution in [1.82, 2.24) is 0 Å². The molecule has 0 aromatic rings. The van der Waals surface area contributed by atoms with Gasteiger partial charge in [-0.15, -0.1) is 0 Å². The smallest absolute Gasteiger partial charge is 0.0352 e. The standard InChI is InChI=1S/C20H42.C8H18.4CH4/c1-8-12-17(13-9-2)19(16-20(5,6)7)18(14-10-3)15-11-4;1-4-6-8(3)7-5-2;;;;/h17-19H,8-16H2,1-7H3;8H,4-7H2,1-3H3;4*1H4. The second kappa shape index (κ2) is 29.0. The van der Waals surface area contributed by atoms with Crippen LogP contribution in [-0.2, 0) is 0 Å². The molecular weight excluding hydrogens is 384 g/mol. The fourth-order valence-corrected chi connectivity index (χ4v) is 5.18. The quantitative estimate of drug-likeness (QED) is 0.228. The highest BCUT2D eigenvalue weighted by atomic mass is 14.4. The molecule has 204 valence electrons. The van der Waals surface area contributed by atoms with E-state index in [2.05, 4.69) is 69.2 Å². The van der Waals surface area contributed by atoms with Crippen molar-refractivity contribution in [2.75, 3.05) is 0 Å². The molecule has 0 saturated carbocycles. The van der Waals surface area contributed by atoms with Crippen molar-refractivity contribution in [2.24, 2.45) is 29.1 Å². The Morgan fingerprint density at radius 3 is 0.906 bits per heavy atom. The molecule has 0 radical (unpaired) electrons.